The second-order valence-corrected chi connectivity index (χ2v) is 6.27. The van der Waals surface area contributed by atoms with Crippen molar-refractivity contribution in [2.24, 2.45) is 0 Å². The van der Waals surface area contributed by atoms with Crippen molar-refractivity contribution in [3.8, 4) is 21.8 Å². The van der Waals surface area contributed by atoms with Crippen LogP contribution in [-0.4, -0.2) is 4.98 Å². The highest BCUT2D eigenvalue weighted by atomic mass is 79.9. The van der Waals surface area contributed by atoms with Gasteiger partial charge in [0.25, 0.3) is 0 Å². The molecule has 0 N–H and O–H groups in total. The van der Waals surface area contributed by atoms with Crippen LogP contribution in [0.2, 0.25) is 5.02 Å². The molecule has 0 aliphatic rings. The van der Waals surface area contributed by atoms with Crippen LogP contribution in [0.1, 0.15) is 0 Å². The van der Waals surface area contributed by atoms with Crippen LogP contribution in [-0.2, 0) is 0 Å². The van der Waals surface area contributed by atoms with Crippen molar-refractivity contribution < 1.29 is 0 Å². The highest BCUT2D eigenvalue weighted by Gasteiger charge is 2.06. The summed E-state index contributed by atoms with van der Waals surface area (Å²) < 4.78 is 1.07. The number of aromatic nitrogens is 1. The number of halogens is 2. The Balaban J connectivity index is 1.97. The maximum atomic E-state index is 6.01. The maximum Gasteiger partial charge on any atom is 0.124 e. The molecule has 1 aromatic heterocycles. The smallest absolute Gasteiger partial charge is 0.124 e. The first-order valence-electron chi connectivity index (χ1n) is 5.70. The number of nitrogens with zero attached hydrogens (tertiary/aromatic N) is 1. The van der Waals surface area contributed by atoms with Gasteiger partial charge in [0.05, 0.1) is 5.69 Å². The molecule has 2 aromatic carbocycles. The third-order valence-electron chi connectivity index (χ3n) is 2.72. The molecule has 0 saturated carbocycles. The van der Waals surface area contributed by atoms with Crippen molar-refractivity contribution in [1.29, 1.82) is 0 Å². The molecule has 0 saturated heterocycles. The van der Waals surface area contributed by atoms with Crippen molar-refractivity contribution in [2.75, 3.05) is 0 Å². The van der Waals surface area contributed by atoms with E-state index in [1.54, 1.807) is 11.3 Å². The number of benzene rings is 2. The van der Waals surface area contributed by atoms with Crippen LogP contribution in [0.4, 0.5) is 0 Å². The van der Waals surface area contributed by atoms with Gasteiger partial charge in [-0.2, -0.15) is 0 Å². The molecule has 19 heavy (non-hydrogen) atoms. The standard InChI is InChI=1S/C15H9BrClNS/c16-12-6-4-10(5-7-12)14-9-19-15(18-14)11-2-1-3-13(17)8-11/h1-9H. The van der Waals surface area contributed by atoms with E-state index in [-0.39, 0.29) is 0 Å². The summed E-state index contributed by atoms with van der Waals surface area (Å²) >= 11 is 11.1. The number of hydrogen-bond donors (Lipinski definition) is 0. The largest absolute Gasteiger partial charge is 0.236 e. The fourth-order valence-corrected chi connectivity index (χ4v) is 3.06. The van der Waals surface area contributed by atoms with Crippen LogP contribution in [0.25, 0.3) is 21.8 Å². The number of rotatable bonds is 2. The minimum absolute atomic E-state index is 0.734. The molecule has 0 unspecified atom stereocenters. The quantitative estimate of drug-likeness (QED) is 0.561. The number of thiazole rings is 1. The van der Waals surface area contributed by atoms with Crippen LogP contribution in [0.5, 0.6) is 0 Å². The average Bonchev–Trinajstić information content (AvgIpc) is 2.89. The van der Waals surface area contributed by atoms with E-state index >= 15 is 0 Å². The van der Waals surface area contributed by atoms with Gasteiger partial charge in [0.2, 0.25) is 0 Å². The molecule has 3 aromatic rings. The molecule has 0 atom stereocenters. The average molecular weight is 351 g/mol. The second-order valence-electron chi connectivity index (χ2n) is 4.06. The van der Waals surface area contributed by atoms with Gasteiger partial charge in [-0.3, -0.25) is 0 Å². The lowest BCUT2D eigenvalue weighted by Gasteiger charge is -1.98. The first kappa shape index (κ1) is 12.9. The van der Waals surface area contributed by atoms with Gasteiger partial charge in [-0.15, -0.1) is 11.3 Å². The summed E-state index contributed by atoms with van der Waals surface area (Å²) in [6.07, 6.45) is 0. The Morgan fingerprint density at radius 3 is 2.53 bits per heavy atom. The van der Waals surface area contributed by atoms with Crippen molar-refractivity contribution in [1.82, 2.24) is 4.98 Å². The van der Waals surface area contributed by atoms with Crippen LogP contribution in [0.3, 0.4) is 0 Å². The molecule has 94 valence electrons. The first-order valence-corrected chi connectivity index (χ1v) is 7.75. The minimum atomic E-state index is 0.734. The Hall–Kier alpha value is -1.16. The van der Waals surface area contributed by atoms with Gasteiger partial charge in [0.1, 0.15) is 5.01 Å². The van der Waals surface area contributed by atoms with E-state index in [0.717, 1.165) is 31.3 Å². The second kappa shape index (κ2) is 5.45. The summed E-state index contributed by atoms with van der Waals surface area (Å²) in [4.78, 5) is 4.67. The Morgan fingerprint density at radius 1 is 1.00 bits per heavy atom. The molecule has 0 radical (unpaired) electrons. The summed E-state index contributed by atoms with van der Waals surface area (Å²) in [6, 6.07) is 15.9. The van der Waals surface area contributed by atoms with Crippen LogP contribution in [0, 0.1) is 0 Å². The predicted octanol–water partition coefficient (Wildman–Crippen LogP) is 5.89. The monoisotopic (exact) mass is 349 g/mol. The Kier molecular flexibility index (Phi) is 3.69. The predicted molar refractivity (Wildman–Crippen MR) is 85.7 cm³/mol. The highest BCUT2D eigenvalue weighted by molar-refractivity contribution is 9.10. The molecule has 0 aliphatic heterocycles. The van der Waals surface area contributed by atoms with Gasteiger partial charge in [0.15, 0.2) is 0 Å². The third-order valence-corrected chi connectivity index (χ3v) is 4.37. The Bertz CT molecular complexity index is 706. The molecule has 0 aliphatic carbocycles. The van der Waals surface area contributed by atoms with E-state index in [2.05, 4.69) is 38.4 Å². The zero-order chi connectivity index (χ0) is 13.2. The van der Waals surface area contributed by atoms with E-state index in [4.69, 9.17) is 11.6 Å². The van der Waals surface area contributed by atoms with Gasteiger partial charge >= 0.3 is 0 Å². The molecule has 1 heterocycles. The van der Waals surface area contributed by atoms with Gasteiger partial charge in [-0.25, -0.2) is 4.98 Å². The zero-order valence-corrected chi connectivity index (χ0v) is 13.0. The maximum absolute atomic E-state index is 6.01. The van der Waals surface area contributed by atoms with Crippen molar-refractivity contribution >= 4 is 38.9 Å². The zero-order valence-electron chi connectivity index (χ0n) is 9.81. The van der Waals surface area contributed by atoms with Crippen LogP contribution in [0.15, 0.2) is 58.4 Å². The van der Waals surface area contributed by atoms with E-state index in [9.17, 15) is 0 Å². The van der Waals surface area contributed by atoms with E-state index in [0.29, 0.717) is 0 Å². The normalized spacial score (nSPS) is 10.6. The summed E-state index contributed by atoms with van der Waals surface area (Å²) in [6.45, 7) is 0. The van der Waals surface area contributed by atoms with Crippen molar-refractivity contribution in [3.63, 3.8) is 0 Å². The van der Waals surface area contributed by atoms with Crippen molar-refractivity contribution in [2.45, 2.75) is 0 Å². The minimum Gasteiger partial charge on any atom is -0.236 e. The lowest BCUT2D eigenvalue weighted by Crippen LogP contribution is -1.79. The molecule has 0 spiro atoms. The topological polar surface area (TPSA) is 12.9 Å². The number of hydrogen-bond acceptors (Lipinski definition) is 2. The van der Waals surface area contributed by atoms with E-state index in [1.165, 1.54) is 0 Å². The molecular weight excluding hydrogens is 342 g/mol. The van der Waals surface area contributed by atoms with Gasteiger partial charge in [-0.1, -0.05) is 51.8 Å². The Morgan fingerprint density at radius 2 is 1.79 bits per heavy atom. The van der Waals surface area contributed by atoms with Gasteiger partial charge in [-0.05, 0) is 24.3 Å². The molecule has 0 bridgehead atoms. The first-order chi connectivity index (χ1) is 9.22. The lowest BCUT2D eigenvalue weighted by atomic mass is 10.2. The molecule has 3 rings (SSSR count). The summed E-state index contributed by atoms with van der Waals surface area (Å²) in [5.41, 5.74) is 3.17. The van der Waals surface area contributed by atoms with E-state index in [1.807, 2.05) is 36.4 Å². The fourth-order valence-electron chi connectivity index (χ4n) is 1.78. The SMILES string of the molecule is Clc1cccc(-c2nc(-c3ccc(Br)cc3)cs2)c1. The summed E-state index contributed by atoms with van der Waals surface area (Å²) in [7, 11) is 0. The summed E-state index contributed by atoms with van der Waals surface area (Å²) in [5.74, 6) is 0. The van der Waals surface area contributed by atoms with Gasteiger partial charge < -0.3 is 0 Å². The van der Waals surface area contributed by atoms with Crippen LogP contribution >= 0.6 is 38.9 Å². The molecule has 4 heteroatoms. The third kappa shape index (κ3) is 2.89. The van der Waals surface area contributed by atoms with Crippen LogP contribution < -0.4 is 0 Å². The molecule has 0 amide bonds. The van der Waals surface area contributed by atoms with Crippen molar-refractivity contribution in [3.05, 3.63) is 63.4 Å². The highest BCUT2D eigenvalue weighted by Crippen LogP contribution is 2.30. The summed E-state index contributed by atoms with van der Waals surface area (Å²) in [5, 5.41) is 3.79. The molecule has 1 nitrogen and oxygen atoms in total. The van der Waals surface area contributed by atoms with E-state index < -0.39 is 0 Å². The fraction of sp³-hybridized carbons (Fsp3) is 0. The van der Waals surface area contributed by atoms with Gasteiger partial charge in [0, 0.05) is 26.0 Å². The lowest BCUT2D eigenvalue weighted by molar-refractivity contribution is 1.40. The molecular formula is C15H9BrClNS. The molecule has 0 fully saturated rings. The Labute approximate surface area is 129 Å².